The van der Waals surface area contributed by atoms with Crippen molar-refractivity contribution >= 4 is 11.6 Å². The quantitative estimate of drug-likeness (QED) is 0.519. The van der Waals surface area contributed by atoms with Crippen LogP contribution in [0.3, 0.4) is 0 Å². The highest BCUT2D eigenvalue weighted by Crippen LogP contribution is 2.35. The molecule has 0 radical (unpaired) electrons. The minimum Gasteiger partial charge on any atom is -0.496 e. The van der Waals surface area contributed by atoms with Gasteiger partial charge in [0.05, 0.1) is 25.5 Å². The number of aromatic nitrogens is 3. The molecule has 1 atom stereocenters. The van der Waals surface area contributed by atoms with Gasteiger partial charge in [0.1, 0.15) is 5.75 Å². The Balaban J connectivity index is 1.58. The summed E-state index contributed by atoms with van der Waals surface area (Å²) in [6.07, 6.45) is 2.22. The van der Waals surface area contributed by atoms with E-state index in [9.17, 15) is 0 Å². The second-order valence-corrected chi connectivity index (χ2v) is 8.73. The summed E-state index contributed by atoms with van der Waals surface area (Å²) < 4.78 is 11.0. The third-order valence-electron chi connectivity index (χ3n) is 5.95. The molecular weight excluding hydrogens is 414 g/mol. The van der Waals surface area contributed by atoms with Gasteiger partial charge in [0.25, 0.3) is 0 Å². The summed E-state index contributed by atoms with van der Waals surface area (Å²) in [7, 11) is 3.45. The Morgan fingerprint density at radius 1 is 0.970 bits per heavy atom. The topological polar surface area (TPSA) is 72.4 Å². The van der Waals surface area contributed by atoms with Gasteiger partial charge in [0.2, 0.25) is 5.95 Å². The smallest absolute Gasteiger partial charge is 0.227 e. The second-order valence-electron chi connectivity index (χ2n) is 8.73. The molecule has 0 saturated carbocycles. The van der Waals surface area contributed by atoms with Crippen molar-refractivity contribution in [3.05, 3.63) is 70.3 Å². The van der Waals surface area contributed by atoms with Crippen molar-refractivity contribution in [3.8, 4) is 5.75 Å². The standard InChI is InChI=1S/C26H33N5O2/c1-17-11-18(2)29-26(28-17)30-22-12-19(3)27-23(14-22)24-7-6-10-31(24)15-21-13-20(16-32-4)8-9-25(21)33-5/h8-9,11-14,24H,6-7,10,15-16H2,1-5H3,(H,27,28,29,30)/t24-/m0/s1. The Bertz CT molecular complexity index is 1100. The largest absolute Gasteiger partial charge is 0.496 e. The van der Waals surface area contributed by atoms with E-state index in [1.165, 1.54) is 5.56 Å². The number of aryl methyl sites for hydroxylation is 3. The van der Waals surface area contributed by atoms with Gasteiger partial charge in [-0.05, 0) is 76.1 Å². The number of rotatable bonds is 8. The van der Waals surface area contributed by atoms with Crippen molar-refractivity contribution in [1.29, 1.82) is 0 Å². The third kappa shape index (κ3) is 5.67. The minimum atomic E-state index is 0.251. The molecule has 4 rings (SSSR count). The number of hydrogen-bond donors (Lipinski definition) is 1. The highest BCUT2D eigenvalue weighted by Gasteiger charge is 2.28. The maximum atomic E-state index is 5.65. The van der Waals surface area contributed by atoms with Crippen molar-refractivity contribution in [3.63, 3.8) is 0 Å². The van der Waals surface area contributed by atoms with Crippen LogP contribution in [0.4, 0.5) is 11.6 Å². The molecule has 0 bridgehead atoms. The fourth-order valence-electron chi connectivity index (χ4n) is 4.63. The van der Waals surface area contributed by atoms with Crippen LogP contribution in [0.5, 0.6) is 5.75 Å². The van der Waals surface area contributed by atoms with E-state index in [1.54, 1.807) is 14.2 Å². The number of benzene rings is 1. The minimum absolute atomic E-state index is 0.251. The maximum absolute atomic E-state index is 5.65. The number of anilines is 2. The van der Waals surface area contributed by atoms with Gasteiger partial charge in [-0.15, -0.1) is 0 Å². The lowest BCUT2D eigenvalue weighted by Gasteiger charge is -2.26. The lowest BCUT2D eigenvalue weighted by atomic mass is 10.1. The number of methoxy groups -OCH3 is 2. The highest BCUT2D eigenvalue weighted by atomic mass is 16.5. The molecular formula is C26H33N5O2. The van der Waals surface area contributed by atoms with E-state index in [0.29, 0.717) is 12.6 Å². The number of nitrogens with one attached hydrogen (secondary N) is 1. The molecule has 3 aromatic rings. The van der Waals surface area contributed by atoms with Gasteiger partial charge in [0.15, 0.2) is 0 Å². The van der Waals surface area contributed by atoms with Gasteiger partial charge >= 0.3 is 0 Å². The number of pyridine rings is 1. The normalized spacial score (nSPS) is 16.2. The molecule has 0 spiro atoms. The Hall–Kier alpha value is -3.03. The molecule has 1 N–H and O–H groups in total. The Morgan fingerprint density at radius 3 is 2.45 bits per heavy atom. The predicted octanol–water partition coefficient (Wildman–Crippen LogP) is 5.03. The van der Waals surface area contributed by atoms with E-state index in [-0.39, 0.29) is 6.04 Å². The van der Waals surface area contributed by atoms with Crippen LogP contribution in [0.25, 0.3) is 0 Å². The number of ether oxygens (including phenoxy) is 2. The van der Waals surface area contributed by atoms with E-state index in [0.717, 1.165) is 65.7 Å². The molecule has 3 heterocycles. The van der Waals surface area contributed by atoms with Crippen LogP contribution < -0.4 is 10.1 Å². The molecule has 2 aromatic heterocycles. The number of nitrogens with zero attached hydrogens (tertiary/aromatic N) is 4. The fourth-order valence-corrected chi connectivity index (χ4v) is 4.63. The Morgan fingerprint density at radius 2 is 1.73 bits per heavy atom. The first-order valence-corrected chi connectivity index (χ1v) is 11.4. The zero-order valence-electron chi connectivity index (χ0n) is 20.2. The predicted molar refractivity (Wildman–Crippen MR) is 130 cm³/mol. The molecule has 1 saturated heterocycles. The summed E-state index contributed by atoms with van der Waals surface area (Å²) in [4.78, 5) is 16.4. The van der Waals surface area contributed by atoms with Gasteiger partial charge in [-0.2, -0.15) is 0 Å². The van der Waals surface area contributed by atoms with Gasteiger partial charge in [-0.1, -0.05) is 6.07 Å². The van der Waals surface area contributed by atoms with E-state index in [4.69, 9.17) is 14.5 Å². The third-order valence-corrected chi connectivity index (χ3v) is 5.95. The molecule has 1 aromatic carbocycles. The monoisotopic (exact) mass is 447 g/mol. The van der Waals surface area contributed by atoms with Crippen molar-refractivity contribution in [2.45, 2.75) is 52.8 Å². The van der Waals surface area contributed by atoms with Crippen molar-refractivity contribution in [2.75, 3.05) is 26.1 Å². The first kappa shape index (κ1) is 23.1. The van der Waals surface area contributed by atoms with Crippen LogP contribution in [-0.2, 0) is 17.9 Å². The summed E-state index contributed by atoms with van der Waals surface area (Å²) >= 11 is 0. The molecule has 7 nitrogen and oxygen atoms in total. The highest BCUT2D eigenvalue weighted by molar-refractivity contribution is 5.55. The SMILES string of the molecule is COCc1ccc(OC)c(CN2CCC[C@H]2c2cc(Nc3nc(C)cc(C)n3)cc(C)n2)c1. The van der Waals surface area contributed by atoms with Gasteiger partial charge in [0, 0.05) is 42.0 Å². The average molecular weight is 448 g/mol. The van der Waals surface area contributed by atoms with Crippen molar-refractivity contribution in [2.24, 2.45) is 0 Å². The number of hydrogen-bond acceptors (Lipinski definition) is 7. The fraction of sp³-hybridized carbons (Fsp3) is 0.423. The van der Waals surface area contributed by atoms with E-state index < -0.39 is 0 Å². The van der Waals surface area contributed by atoms with Gasteiger partial charge < -0.3 is 14.8 Å². The van der Waals surface area contributed by atoms with E-state index in [1.807, 2.05) is 39.0 Å². The summed E-state index contributed by atoms with van der Waals surface area (Å²) in [6.45, 7) is 8.43. The summed E-state index contributed by atoms with van der Waals surface area (Å²) in [6, 6.07) is 12.7. The molecule has 1 aliphatic heterocycles. The van der Waals surface area contributed by atoms with Crippen LogP contribution in [0.15, 0.2) is 36.4 Å². The lowest BCUT2D eigenvalue weighted by Crippen LogP contribution is -2.24. The Kier molecular flexibility index (Phi) is 7.20. The summed E-state index contributed by atoms with van der Waals surface area (Å²) in [5.41, 5.74) is 7.24. The first-order chi connectivity index (χ1) is 15.9. The van der Waals surface area contributed by atoms with Crippen LogP contribution >= 0.6 is 0 Å². The first-order valence-electron chi connectivity index (χ1n) is 11.4. The molecule has 1 fully saturated rings. The summed E-state index contributed by atoms with van der Waals surface area (Å²) in [5.74, 6) is 1.53. The van der Waals surface area contributed by atoms with Crippen molar-refractivity contribution < 1.29 is 9.47 Å². The maximum Gasteiger partial charge on any atom is 0.227 e. The average Bonchev–Trinajstić information content (AvgIpc) is 3.21. The van der Waals surface area contributed by atoms with E-state index >= 15 is 0 Å². The van der Waals surface area contributed by atoms with Crippen molar-refractivity contribution in [1.82, 2.24) is 19.9 Å². The van der Waals surface area contributed by atoms with E-state index in [2.05, 4.69) is 38.4 Å². The second kappa shape index (κ2) is 10.3. The van der Waals surface area contributed by atoms with Gasteiger partial charge in [-0.3, -0.25) is 9.88 Å². The number of likely N-dealkylation sites (tertiary alicyclic amines) is 1. The molecule has 33 heavy (non-hydrogen) atoms. The molecule has 0 aliphatic carbocycles. The zero-order chi connectivity index (χ0) is 23.4. The zero-order valence-corrected chi connectivity index (χ0v) is 20.2. The van der Waals surface area contributed by atoms with Crippen LogP contribution in [-0.4, -0.2) is 40.6 Å². The molecule has 174 valence electrons. The van der Waals surface area contributed by atoms with Gasteiger partial charge in [-0.25, -0.2) is 9.97 Å². The Labute approximate surface area is 196 Å². The van der Waals surface area contributed by atoms with Crippen LogP contribution in [0.2, 0.25) is 0 Å². The molecule has 0 amide bonds. The molecule has 0 unspecified atom stereocenters. The summed E-state index contributed by atoms with van der Waals surface area (Å²) in [5, 5.41) is 3.38. The van der Waals surface area contributed by atoms with Crippen LogP contribution in [0, 0.1) is 20.8 Å². The van der Waals surface area contributed by atoms with Crippen LogP contribution in [0.1, 0.15) is 52.8 Å². The molecule has 7 heteroatoms. The lowest BCUT2D eigenvalue weighted by molar-refractivity contribution is 0.184. The molecule has 1 aliphatic rings.